The van der Waals surface area contributed by atoms with Crippen molar-refractivity contribution in [2.24, 2.45) is 0 Å². The Morgan fingerprint density at radius 2 is 2.00 bits per heavy atom. The Balaban J connectivity index is 1.78. The molecule has 6 nitrogen and oxygen atoms in total. The van der Waals surface area contributed by atoms with E-state index >= 15 is 0 Å². The van der Waals surface area contributed by atoms with Gasteiger partial charge in [0.1, 0.15) is 0 Å². The van der Waals surface area contributed by atoms with Crippen molar-refractivity contribution < 1.29 is 14.4 Å². The molecule has 0 bridgehead atoms. The molecule has 1 aliphatic rings. The molecule has 0 aromatic heterocycles. The van der Waals surface area contributed by atoms with E-state index in [1.807, 2.05) is 6.07 Å². The normalized spacial score (nSPS) is 14.1. The van der Waals surface area contributed by atoms with Crippen LogP contribution >= 0.6 is 0 Å². The molecule has 1 aromatic rings. The van der Waals surface area contributed by atoms with Gasteiger partial charge < -0.3 is 5.32 Å². The number of imide groups is 1. The van der Waals surface area contributed by atoms with E-state index in [-0.39, 0.29) is 43.5 Å². The number of nitrogens with zero attached hydrogens (tertiary/aromatic N) is 2. The molecule has 0 atom stereocenters. The first kappa shape index (κ1) is 14.7. The van der Waals surface area contributed by atoms with E-state index in [2.05, 4.69) is 5.32 Å². The number of benzene rings is 1. The van der Waals surface area contributed by atoms with E-state index in [1.54, 1.807) is 24.3 Å². The van der Waals surface area contributed by atoms with Gasteiger partial charge in [0, 0.05) is 31.5 Å². The summed E-state index contributed by atoms with van der Waals surface area (Å²) in [5.74, 6) is -0.534. The van der Waals surface area contributed by atoms with Crippen LogP contribution in [-0.2, 0) is 14.4 Å². The van der Waals surface area contributed by atoms with Crippen LogP contribution in [0.25, 0.3) is 0 Å². The summed E-state index contributed by atoms with van der Waals surface area (Å²) >= 11 is 0. The lowest BCUT2D eigenvalue weighted by molar-refractivity contribution is -0.138. The smallest absolute Gasteiger partial charge is 0.229 e. The van der Waals surface area contributed by atoms with Gasteiger partial charge in [0.15, 0.2) is 0 Å². The highest BCUT2D eigenvalue weighted by molar-refractivity contribution is 6.02. The van der Waals surface area contributed by atoms with Crippen LogP contribution in [0.5, 0.6) is 0 Å². The molecule has 1 heterocycles. The van der Waals surface area contributed by atoms with Gasteiger partial charge in [-0.2, -0.15) is 5.26 Å². The van der Waals surface area contributed by atoms with Crippen LogP contribution in [0, 0.1) is 11.3 Å². The number of hydrogen-bond acceptors (Lipinski definition) is 4. The molecule has 1 saturated heterocycles. The fourth-order valence-electron chi connectivity index (χ4n) is 2.16. The second kappa shape index (κ2) is 6.66. The summed E-state index contributed by atoms with van der Waals surface area (Å²) < 4.78 is 0. The second-order valence-corrected chi connectivity index (χ2v) is 4.78. The number of rotatable bonds is 5. The van der Waals surface area contributed by atoms with Crippen LogP contribution in [-0.4, -0.2) is 29.2 Å². The largest absolute Gasteiger partial charge is 0.326 e. The summed E-state index contributed by atoms with van der Waals surface area (Å²) in [4.78, 5) is 35.8. The number of nitrogens with one attached hydrogen (secondary N) is 1. The Bertz CT molecular complexity index is 603. The number of anilines is 1. The van der Waals surface area contributed by atoms with Gasteiger partial charge in [0.2, 0.25) is 17.7 Å². The molecule has 0 aliphatic carbocycles. The molecule has 0 unspecified atom stereocenters. The monoisotopic (exact) mass is 285 g/mol. The molecular formula is C15H15N3O3. The van der Waals surface area contributed by atoms with Gasteiger partial charge in [0.25, 0.3) is 0 Å². The Hall–Kier alpha value is -2.68. The van der Waals surface area contributed by atoms with E-state index in [0.29, 0.717) is 17.7 Å². The molecule has 108 valence electrons. The first-order chi connectivity index (χ1) is 10.1. The first-order valence-electron chi connectivity index (χ1n) is 6.73. The minimum atomic E-state index is -0.204. The van der Waals surface area contributed by atoms with Crippen LogP contribution in [0.15, 0.2) is 24.3 Å². The predicted molar refractivity (Wildman–Crippen MR) is 75.0 cm³/mol. The van der Waals surface area contributed by atoms with Gasteiger partial charge in [-0.15, -0.1) is 0 Å². The van der Waals surface area contributed by atoms with Gasteiger partial charge in [-0.3, -0.25) is 19.3 Å². The molecule has 1 fully saturated rings. The zero-order chi connectivity index (χ0) is 15.2. The predicted octanol–water partition coefficient (Wildman–Crippen LogP) is 1.43. The van der Waals surface area contributed by atoms with Crippen LogP contribution in [0.3, 0.4) is 0 Å². The molecule has 2 rings (SSSR count). The zero-order valence-corrected chi connectivity index (χ0v) is 11.5. The van der Waals surface area contributed by atoms with Crippen molar-refractivity contribution in [2.45, 2.75) is 25.7 Å². The van der Waals surface area contributed by atoms with Gasteiger partial charge >= 0.3 is 0 Å². The number of amides is 3. The van der Waals surface area contributed by atoms with Crippen LogP contribution in [0.4, 0.5) is 5.69 Å². The van der Waals surface area contributed by atoms with Crippen molar-refractivity contribution in [3.8, 4) is 6.07 Å². The highest BCUT2D eigenvalue weighted by Crippen LogP contribution is 2.13. The van der Waals surface area contributed by atoms with E-state index < -0.39 is 0 Å². The number of nitriles is 1. The minimum absolute atomic E-state index is 0.165. The summed E-state index contributed by atoms with van der Waals surface area (Å²) in [7, 11) is 0. The molecule has 21 heavy (non-hydrogen) atoms. The third-order valence-electron chi connectivity index (χ3n) is 3.22. The number of likely N-dealkylation sites (tertiary alicyclic amines) is 1. The van der Waals surface area contributed by atoms with E-state index in [9.17, 15) is 14.4 Å². The number of carbonyl (C=O) groups excluding carboxylic acids is 3. The van der Waals surface area contributed by atoms with E-state index in [4.69, 9.17) is 5.26 Å². The third kappa shape index (κ3) is 3.89. The highest BCUT2D eigenvalue weighted by Gasteiger charge is 2.28. The lowest BCUT2D eigenvalue weighted by Gasteiger charge is -2.13. The summed E-state index contributed by atoms with van der Waals surface area (Å²) in [5.41, 5.74) is 1.04. The fourth-order valence-corrected chi connectivity index (χ4v) is 2.16. The summed E-state index contributed by atoms with van der Waals surface area (Å²) in [6.07, 6.45) is 1.19. The second-order valence-electron chi connectivity index (χ2n) is 4.78. The van der Waals surface area contributed by atoms with Crippen LogP contribution < -0.4 is 5.32 Å². The summed E-state index contributed by atoms with van der Waals surface area (Å²) in [6, 6.07) is 8.63. The topological polar surface area (TPSA) is 90.3 Å². The Kier molecular flexibility index (Phi) is 4.67. The third-order valence-corrected chi connectivity index (χ3v) is 3.22. The van der Waals surface area contributed by atoms with Gasteiger partial charge in [0.05, 0.1) is 11.6 Å². The standard InChI is InChI=1S/C15H15N3O3/c16-10-11-3-1-4-12(9-11)17-13(19)5-2-8-18-14(20)6-7-15(18)21/h1,3-4,9H,2,5-8H2,(H,17,19). The maximum absolute atomic E-state index is 11.8. The van der Waals surface area contributed by atoms with Gasteiger partial charge in [-0.05, 0) is 24.6 Å². The molecule has 3 amide bonds. The fraction of sp³-hybridized carbons (Fsp3) is 0.333. The molecule has 0 radical (unpaired) electrons. The van der Waals surface area contributed by atoms with Crippen LogP contribution in [0.2, 0.25) is 0 Å². The molecule has 0 saturated carbocycles. The average molecular weight is 285 g/mol. The van der Waals surface area contributed by atoms with Gasteiger partial charge in [-0.1, -0.05) is 6.07 Å². The van der Waals surface area contributed by atoms with Crippen molar-refractivity contribution in [1.82, 2.24) is 4.90 Å². The van der Waals surface area contributed by atoms with Crippen molar-refractivity contribution >= 4 is 23.4 Å². The molecular weight excluding hydrogens is 270 g/mol. The quantitative estimate of drug-likeness (QED) is 0.828. The minimum Gasteiger partial charge on any atom is -0.326 e. The van der Waals surface area contributed by atoms with E-state index in [0.717, 1.165) is 0 Å². The number of carbonyl (C=O) groups is 3. The highest BCUT2D eigenvalue weighted by atomic mass is 16.2. The van der Waals surface area contributed by atoms with Crippen LogP contribution in [0.1, 0.15) is 31.2 Å². The first-order valence-corrected chi connectivity index (χ1v) is 6.73. The Morgan fingerprint density at radius 3 is 2.67 bits per heavy atom. The lowest BCUT2D eigenvalue weighted by Crippen LogP contribution is -2.30. The molecule has 6 heteroatoms. The Labute approximate surface area is 122 Å². The molecule has 1 aromatic carbocycles. The molecule has 1 N–H and O–H groups in total. The van der Waals surface area contributed by atoms with Crippen molar-refractivity contribution in [2.75, 3.05) is 11.9 Å². The SMILES string of the molecule is N#Cc1cccc(NC(=O)CCCN2C(=O)CCC2=O)c1. The maximum Gasteiger partial charge on any atom is 0.229 e. The summed E-state index contributed by atoms with van der Waals surface area (Å²) in [5, 5.41) is 11.5. The van der Waals surface area contributed by atoms with Crippen molar-refractivity contribution in [1.29, 1.82) is 5.26 Å². The maximum atomic E-state index is 11.8. The van der Waals surface area contributed by atoms with Crippen molar-refractivity contribution in [3.05, 3.63) is 29.8 Å². The molecule has 0 spiro atoms. The van der Waals surface area contributed by atoms with Gasteiger partial charge in [-0.25, -0.2) is 0 Å². The average Bonchev–Trinajstić information content (AvgIpc) is 2.79. The number of hydrogen-bond donors (Lipinski definition) is 1. The van der Waals surface area contributed by atoms with E-state index in [1.165, 1.54) is 4.90 Å². The lowest BCUT2D eigenvalue weighted by atomic mass is 10.2. The van der Waals surface area contributed by atoms with Crippen molar-refractivity contribution in [3.63, 3.8) is 0 Å². The summed E-state index contributed by atoms with van der Waals surface area (Å²) in [6.45, 7) is 0.281. The molecule has 1 aliphatic heterocycles. The Morgan fingerprint density at radius 1 is 1.29 bits per heavy atom. The zero-order valence-electron chi connectivity index (χ0n) is 11.5.